The average molecular weight is 516 g/mol. The molecule has 0 radical (unpaired) electrons. The summed E-state index contributed by atoms with van der Waals surface area (Å²) in [5.41, 5.74) is 2.64. The molecule has 37 heavy (non-hydrogen) atoms. The summed E-state index contributed by atoms with van der Waals surface area (Å²) in [6.45, 7) is 6.32. The van der Waals surface area contributed by atoms with Crippen molar-refractivity contribution in [2.45, 2.75) is 32.2 Å². The maximum Gasteiger partial charge on any atom is 0.294 e. The summed E-state index contributed by atoms with van der Waals surface area (Å²) in [6, 6.07) is 20.3. The third kappa shape index (κ3) is 4.38. The number of benzene rings is 3. The standard InChI is InChI=1S/C30H26ClNO5/c1-30(2,3)19-7-10-21(11-8-19)32-26(17-5-12-22(36-4)13-6-17)25(28(34)29(32)35)27(33)24-16-18-15-20(31)9-14-23(18)37-24/h5-16,26,34H,1-4H3. The summed E-state index contributed by atoms with van der Waals surface area (Å²) in [5, 5.41) is 12.2. The van der Waals surface area contributed by atoms with Crippen LogP contribution in [0.25, 0.3) is 11.0 Å². The predicted octanol–water partition coefficient (Wildman–Crippen LogP) is 7.18. The summed E-state index contributed by atoms with van der Waals surface area (Å²) in [7, 11) is 1.56. The predicted molar refractivity (Wildman–Crippen MR) is 144 cm³/mol. The molecule has 1 atom stereocenters. The van der Waals surface area contributed by atoms with Crippen LogP contribution in [0.4, 0.5) is 5.69 Å². The number of ether oxygens (including phenoxy) is 1. The molecule has 188 valence electrons. The van der Waals surface area contributed by atoms with E-state index in [-0.39, 0.29) is 16.7 Å². The van der Waals surface area contributed by atoms with Crippen molar-refractivity contribution < 1.29 is 23.8 Å². The number of hydrogen-bond donors (Lipinski definition) is 1. The van der Waals surface area contributed by atoms with Gasteiger partial charge in [-0.2, -0.15) is 0 Å². The van der Waals surface area contributed by atoms with Crippen molar-refractivity contribution in [1.29, 1.82) is 0 Å². The number of ketones is 1. The molecule has 3 aromatic carbocycles. The Bertz CT molecular complexity index is 1540. The highest BCUT2D eigenvalue weighted by Crippen LogP contribution is 2.43. The van der Waals surface area contributed by atoms with E-state index < -0.39 is 23.5 Å². The number of aliphatic hydroxyl groups excluding tert-OH is 1. The number of hydrogen-bond acceptors (Lipinski definition) is 5. The monoisotopic (exact) mass is 515 g/mol. The second kappa shape index (κ2) is 9.12. The van der Waals surface area contributed by atoms with E-state index in [4.69, 9.17) is 20.8 Å². The number of carbonyl (C=O) groups excluding carboxylic acids is 2. The fourth-order valence-electron chi connectivity index (χ4n) is 4.59. The number of Topliss-reactive ketones (excluding diaryl/α,β-unsaturated/α-hetero) is 1. The molecule has 1 N–H and O–H groups in total. The number of aliphatic hydroxyl groups is 1. The molecule has 0 saturated carbocycles. The SMILES string of the molecule is COc1ccc(C2C(C(=O)c3cc4cc(Cl)ccc4o3)=C(O)C(=O)N2c2ccc(C(C)(C)C)cc2)cc1. The molecule has 6 nitrogen and oxygen atoms in total. The van der Waals surface area contributed by atoms with Crippen molar-refractivity contribution in [3.63, 3.8) is 0 Å². The van der Waals surface area contributed by atoms with Gasteiger partial charge in [0, 0.05) is 16.1 Å². The lowest BCUT2D eigenvalue weighted by Crippen LogP contribution is -2.31. The molecule has 1 aliphatic heterocycles. The Morgan fingerprint density at radius 3 is 2.30 bits per heavy atom. The minimum atomic E-state index is -0.872. The molecule has 0 bridgehead atoms. The topological polar surface area (TPSA) is 80.0 Å². The van der Waals surface area contributed by atoms with Crippen molar-refractivity contribution in [2.24, 2.45) is 0 Å². The van der Waals surface area contributed by atoms with E-state index >= 15 is 0 Å². The van der Waals surface area contributed by atoms with E-state index in [0.717, 1.165) is 5.56 Å². The van der Waals surface area contributed by atoms with Crippen LogP contribution in [0.1, 0.15) is 48.5 Å². The Labute approximate surface area is 219 Å². The van der Waals surface area contributed by atoms with Crippen LogP contribution in [0.2, 0.25) is 5.02 Å². The first-order valence-electron chi connectivity index (χ1n) is 11.8. The molecule has 0 fully saturated rings. The molecule has 0 spiro atoms. The van der Waals surface area contributed by atoms with Gasteiger partial charge in [0.05, 0.1) is 18.7 Å². The highest BCUT2D eigenvalue weighted by molar-refractivity contribution is 6.31. The quantitative estimate of drug-likeness (QED) is 0.285. The van der Waals surface area contributed by atoms with Gasteiger partial charge in [0.25, 0.3) is 5.91 Å². The van der Waals surface area contributed by atoms with Gasteiger partial charge < -0.3 is 14.3 Å². The van der Waals surface area contributed by atoms with Crippen molar-refractivity contribution in [3.05, 3.63) is 106 Å². The molecule has 1 aromatic heterocycles. The minimum Gasteiger partial charge on any atom is -0.503 e. The van der Waals surface area contributed by atoms with Crippen molar-refractivity contribution in [2.75, 3.05) is 12.0 Å². The van der Waals surface area contributed by atoms with Crippen LogP contribution in [-0.2, 0) is 10.2 Å². The lowest BCUT2D eigenvalue weighted by molar-refractivity contribution is -0.117. The van der Waals surface area contributed by atoms with Gasteiger partial charge >= 0.3 is 0 Å². The van der Waals surface area contributed by atoms with E-state index in [2.05, 4.69) is 20.8 Å². The maximum atomic E-state index is 13.8. The van der Waals surface area contributed by atoms with Gasteiger partial charge in [0.15, 0.2) is 11.5 Å². The number of rotatable bonds is 5. The summed E-state index contributed by atoms with van der Waals surface area (Å²) >= 11 is 6.09. The van der Waals surface area contributed by atoms with Crippen LogP contribution in [0.3, 0.4) is 0 Å². The second-order valence-electron chi connectivity index (χ2n) is 10.0. The van der Waals surface area contributed by atoms with E-state index in [0.29, 0.717) is 33.0 Å². The first kappa shape index (κ1) is 24.7. The Morgan fingerprint density at radius 2 is 1.68 bits per heavy atom. The van der Waals surface area contributed by atoms with Crippen molar-refractivity contribution in [3.8, 4) is 5.75 Å². The Balaban J connectivity index is 1.62. The van der Waals surface area contributed by atoms with Crippen LogP contribution >= 0.6 is 11.6 Å². The van der Waals surface area contributed by atoms with E-state index in [9.17, 15) is 14.7 Å². The smallest absolute Gasteiger partial charge is 0.294 e. The van der Waals surface area contributed by atoms with E-state index in [1.165, 1.54) is 4.90 Å². The third-order valence-corrected chi connectivity index (χ3v) is 6.83. The zero-order chi connectivity index (χ0) is 26.5. The maximum absolute atomic E-state index is 13.8. The molecule has 2 heterocycles. The third-order valence-electron chi connectivity index (χ3n) is 6.60. The Morgan fingerprint density at radius 1 is 1.00 bits per heavy atom. The number of anilines is 1. The number of methoxy groups -OCH3 is 1. The molecule has 0 aliphatic carbocycles. The summed E-state index contributed by atoms with van der Waals surface area (Å²) < 4.78 is 11.1. The van der Waals surface area contributed by atoms with Gasteiger partial charge in [-0.05, 0) is 65.1 Å². The van der Waals surface area contributed by atoms with Gasteiger partial charge in [0.1, 0.15) is 11.3 Å². The summed E-state index contributed by atoms with van der Waals surface area (Å²) in [5.74, 6) is -1.21. The first-order valence-corrected chi connectivity index (χ1v) is 12.2. The second-order valence-corrected chi connectivity index (χ2v) is 10.5. The molecule has 1 amide bonds. The largest absolute Gasteiger partial charge is 0.503 e. The Kier molecular flexibility index (Phi) is 6.08. The van der Waals surface area contributed by atoms with Gasteiger partial charge in [-0.25, -0.2) is 0 Å². The molecular formula is C30H26ClNO5. The number of nitrogens with zero attached hydrogens (tertiary/aromatic N) is 1. The van der Waals surface area contributed by atoms with Gasteiger partial charge in [-0.1, -0.05) is 56.6 Å². The van der Waals surface area contributed by atoms with Crippen molar-refractivity contribution in [1.82, 2.24) is 0 Å². The summed E-state index contributed by atoms with van der Waals surface area (Å²) in [4.78, 5) is 28.7. The molecule has 0 saturated heterocycles. The number of halogens is 1. The van der Waals surface area contributed by atoms with E-state index in [1.54, 1.807) is 55.6 Å². The van der Waals surface area contributed by atoms with E-state index in [1.807, 2.05) is 24.3 Å². The highest BCUT2D eigenvalue weighted by atomic mass is 35.5. The molecule has 1 aliphatic rings. The lowest BCUT2D eigenvalue weighted by Gasteiger charge is -2.28. The fraction of sp³-hybridized carbons (Fsp3) is 0.200. The molecule has 5 rings (SSSR count). The summed E-state index contributed by atoms with van der Waals surface area (Å²) in [6.07, 6.45) is 0. The minimum absolute atomic E-state index is 0.00931. The molecule has 1 unspecified atom stereocenters. The average Bonchev–Trinajstić information content (AvgIpc) is 3.41. The number of fused-ring (bicyclic) bond motifs is 1. The zero-order valence-electron chi connectivity index (χ0n) is 20.9. The van der Waals surface area contributed by atoms with Crippen LogP contribution in [-0.4, -0.2) is 23.9 Å². The highest BCUT2D eigenvalue weighted by Gasteiger charge is 2.45. The zero-order valence-corrected chi connectivity index (χ0v) is 21.7. The number of furan rings is 1. The number of amides is 1. The molecule has 4 aromatic rings. The normalized spacial score (nSPS) is 16.1. The van der Waals surface area contributed by atoms with Gasteiger partial charge in [-0.15, -0.1) is 0 Å². The Hall–Kier alpha value is -4.03. The molecular weight excluding hydrogens is 490 g/mol. The first-order chi connectivity index (χ1) is 17.6. The van der Waals surface area contributed by atoms with Crippen LogP contribution in [0, 0.1) is 0 Å². The van der Waals surface area contributed by atoms with Crippen molar-refractivity contribution >= 4 is 39.9 Å². The molecule has 7 heteroatoms. The van der Waals surface area contributed by atoms with Gasteiger partial charge in [-0.3, -0.25) is 14.5 Å². The van der Waals surface area contributed by atoms with Crippen LogP contribution in [0.5, 0.6) is 5.75 Å². The lowest BCUT2D eigenvalue weighted by atomic mass is 9.87. The fourth-order valence-corrected chi connectivity index (χ4v) is 4.77. The van der Waals surface area contributed by atoms with Gasteiger partial charge in [0.2, 0.25) is 5.78 Å². The number of carbonyl (C=O) groups is 2. The van der Waals surface area contributed by atoms with Crippen LogP contribution < -0.4 is 9.64 Å². The van der Waals surface area contributed by atoms with Crippen LogP contribution in [0.15, 0.2) is 88.5 Å².